The van der Waals surface area contributed by atoms with Crippen LogP contribution in [0.25, 0.3) is 0 Å². The summed E-state index contributed by atoms with van der Waals surface area (Å²) in [6.45, 7) is 7.67. The van der Waals surface area contributed by atoms with E-state index in [0.29, 0.717) is 5.92 Å². The van der Waals surface area contributed by atoms with Gasteiger partial charge in [-0.15, -0.1) is 0 Å². The van der Waals surface area contributed by atoms with Crippen LogP contribution in [-0.4, -0.2) is 18.3 Å². The van der Waals surface area contributed by atoms with Crippen LogP contribution < -0.4 is 5.73 Å². The molecule has 2 atom stereocenters. The fourth-order valence-corrected chi connectivity index (χ4v) is 2.36. The minimum absolute atomic E-state index is 0.0804. The zero-order chi connectivity index (χ0) is 9.41. The topological polar surface area (TPSA) is 46.2 Å². The average molecular weight is 171 g/mol. The lowest BCUT2D eigenvalue weighted by Crippen LogP contribution is -2.39. The highest BCUT2D eigenvalue weighted by molar-refractivity contribution is 4.99. The first-order chi connectivity index (χ1) is 5.48. The van der Waals surface area contributed by atoms with E-state index >= 15 is 0 Å². The molecule has 2 nitrogen and oxygen atoms in total. The molecule has 1 aliphatic carbocycles. The Labute approximate surface area is 75.2 Å². The van der Waals surface area contributed by atoms with Crippen molar-refractivity contribution < 1.29 is 5.11 Å². The van der Waals surface area contributed by atoms with Crippen molar-refractivity contribution in [1.82, 2.24) is 0 Å². The lowest BCUT2D eigenvalue weighted by Gasteiger charge is -2.40. The summed E-state index contributed by atoms with van der Waals surface area (Å²) in [5.74, 6) is 0.578. The molecule has 0 bridgehead atoms. The lowest BCUT2D eigenvalue weighted by atomic mass is 9.66. The molecule has 0 saturated heterocycles. The predicted octanol–water partition coefficient (Wildman–Crippen LogP) is 1.38. The monoisotopic (exact) mass is 171 g/mol. The maximum Gasteiger partial charge on any atom is 0.0490 e. The van der Waals surface area contributed by atoms with Gasteiger partial charge in [-0.2, -0.15) is 0 Å². The molecule has 1 aliphatic rings. The Hall–Kier alpha value is -0.0800. The quantitative estimate of drug-likeness (QED) is 0.659. The van der Waals surface area contributed by atoms with Gasteiger partial charge >= 0.3 is 0 Å². The second kappa shape index (κ2) is 3.00. The van der Waals surface area contributed by atoms with Crippen molar-refractivity contribution in [3.63, 3.8) is 0 Å². The number of rotatable bonds is 2. The van der Waals surface area contributed by atoms with Gasteiger partial charge in [0.1, 0.15) is 0 Å². The van der Waals surface area contributed by atoms with E-state index in [9.17, 15) is 5.11 Å². The molecule has 0 aromatic carbocycles. The molecule has 1 saturated carbocycles. The second-order valence-corrected chi connectivity index (χ2v) is 4.91. The molecule has 72 valence electrons. The van der Waals surface area contributed by atoms with E-state index < -0.39 is 0 Å². The summed E-state index contributed by atoms with van der Waals surface area (Å²) in [4.78, 5) is 0. The Morgan fingerprint density at radius 2 is 2.00 bits per heavy atom. The number of nitrogens with two attached hydrogens (primary N) is 1. The second-order valence-electron chi connectivity index (χ2n) is 4.91. The Kier molecular flexibility index (Phi) is 2.50. The van der Waals surface area contributed by atoms with Gasteiger partial charge in [0.2, 0.25) is 0 Å². The Morgan fingerprint density at radius 1 is 1.42 bits per heavy atom. The molecular formula is C10H21NO. The Morgan fingerprint density at radius 3 is 2.25 bits per heavy atom. The fraction of sp³-hybridized carbons (Fsp3) is 1.00. The summed E-state index contributed by atoms with van der Waals surface area (Å²) in [6.07, 6.45) is 2.28. The van der Waals surface area contributed by atoms with Crippen LogP contribution in [-0.2, 0) is 0 Å². The summed E-state index contributed by atoms with van der Waals surface area (Å²) in [5, 5.41) is 9.33. The number of aliphatic hydroxyl groups is 1. The maximum absolute atomic E-state index is 9.33. The summed E-state index contributed by atoms with van der Waals surface area (Å²) >= 11 is 0. The van der Waals surface area contributed by atoms with Gasteiger partial charge in [0.05, 0.1) is 0 Å². The molecule has 1 fully saturated rings. The molecule has 2 unspecified atom stereocenters. The third-order valence-corrected chi connectivity index (χ3v) is 4.25. The maximum atomic E-state index is 9.33. The van der Waals surface area contributed by atoms with E-state index in [1.807, 2.05) is 0 Å². The predicted molar refractivity (Wildman–Crippen MR) is 50.8 cm³/mol. The molecule has 12 heavy (non-hydrogen) atoms. The number of hydrogen-bond acceptors (Lipinski definition) is 2. The smallest absolute Gasteiger partial charge is 0.0490 e. The molecule has 0 aromatic rings. The Bertz CT molecular complexity index is 167. The zero-order valence-corrected chi connectivity index (χ0v) is 8.43. The van der Waals surface area contributed by atoms with Crippen LogP contribution >= 0.6 is 0 Å². The van der Waals surface area contributed by atoms with Gasteiger partial charge in [-0.05, 0) is 36.1 Å². The first-order valence-electron chi connectivity index (χ1n) is 4.79. The van der Waals surface area contributed by atoms with Crippen molar-refractivity contribution in [1.29, 1.82) is 0 Å². The van der Waals surface area contributed by atoms with E-state index in [1.54, 1.807) is 0 Å². The van der Waals surface area contributed by atoms with Crippen LogP contribution in [0, 0.1) is 16.7 Å². The summed E-state index contributed by atoms with van der Waals surface area (Å²) in [5.41, 5.74) is 5.97. The highest BCUT2D eigenvalue weighted by Gasteiger charge is 2.50. The summed E-state index contributed by atoms with van der Waals surface area (Å²) < 4.78 is 0. The fourth-order valence-electron chi connectivity index (χ4n) is 2.36. The van der Waals surface area contributed by atoms with Crippen molar-refractivity contribution in [2.24, 2.45) is 22.5 Å². The van der Waals surface area contributed by atoms with E-state index in [4.69, 9.17) is 5.73 Å². The van der Waals surface area contributed by atoms with Crippen molar-refractivity contribution in [3.05, 3.63) is 0 Å². The molecule has 1 rings (SSSR count). The Balaban J connectivity index is 2.84. The highest BCUT2D eigenvalue weighted by Crippen LogP contribution is 2.55. The van der Waals surface area contributed by atoms with Gasteiger partial charge < -0.3 is 10.8 Å². The minimum atomic E-state index is 0.0804. The van der Waals surface area contributed by atoms with Crippen LogP contribution in [0.15, 0.2) is 0 Å². The lowest BCUT2D eigenvalue weighted by molar-refractivity contribution is 0.0277. The molecular weight excluding hydrogens is 150 g/mol. The molecule has 3 N–H and O–H groups in total. The largest absolute Gasteiger partial charge is 0.396 e. The van der Waals surface area contributed by atoms with Gasteiger partial charge in [-0.3, -0.25) is 0 Å². The molecule has 0 spiro atoms. The van der Waals surface area contributed by atoms with E-state index in [2.05, 4.69) is 20.8 Å². The van der Waals surface area contributed by atoms with E-state index in [-0.39, 0.29) is 17.4 Å². The van der Waals surface area contributed by atoms with Crippen LogP contribution in [0.1, 0.15) is 33.6 Å². The first kappa shape index (κ1) is 10.0. The first-order valence-corrected chi connectivity index (χ1v) is 4.79. The molecule has 0 radical (unpaired) electrons. The van der Waals surface area contributed by atoms with Crippen LogP contribution in [0.5, 0.6) is 0 Å². The van der Waals surface area contributed by atoms with E-state index in [0.717, 1.165) is 13.0 Å². The molecule has 0 aromatic heterocycles. The zero-order valence-electron chi connectivity index (χ0n) is 8.43. The van der Waals surface area contributed by atoms with Crippen LogP contribution in [0.2, 0.25) is 0 Å². The van der Waals surface area contributed by atoms with Gasteiger partial charge in [-0.25, -0.2) is 0 Å². The molecule has 2 heteroatoms. The van der Waals surface area contributed by atoms with Crippen molar-refractivity contribution in [2.45, 2.75) is 33.6 Å². The van der Waals surface area contributed by atoms with Crippen LogP contribution in [0.4, 0.5) is 0 Å². The normalized spacial score (nSPS) is 40.2. The van der Waals surface area contributed by atoms with Crippen LogP contribution in [0.3, 0.4) is 0 Å². The minimum Gasteiger partial charge on any atom is -0.396 e. The van der Waals surface area contributed by atoms with E-state index in [1.165, 1.54) is 6.42 Å². The van der Waals surface area contributed by atoms with Crippen molar-refractivity contribution in [3.8, 4) is 0 Å². The van der Waals surface area contributed by atoms with Gasteiger partial charge in [-0.1, -0.05) is 20.8 Å². The standard InChI is InChI=1S/C10H21NO/c1-9(2)8(6-11)4-5-10(9,3)7-12/h8,12H,4-7,11H2,1-3H3. The van der Waals surface area contributed by atoms with Gasteiger partial charge in [0, 0.05) is 6.61 Å². The highest BCUT2D eigenvalue weighted by atomic mass is 16.3. The van der Waals surface area contributed by atoms with Crippen molar-refractivity contribution in [2.75, 3.05) is 13.2 Å². The molecule has 0 heterocycles. The third-order valence-electron chi connectivity index (χ3n) is 4.25. The number of aliphatic hydroxyl groups excluding tert-OH is 1. The molecule has 0 aliphatic heterocycles. The van der Waals surface area contributed by atoms with Crippen molar-refractivity contribution >= 4 is 0 Å². The average Bonchev–Trinajstić information content (AvgIpc) is 2.25. The summed E-state index contributed by atoms with van der Waals surface area (Å²) in [7, 11) is 0. The molecule has 0 amide bonds. The van der Waals surface area contributed by atoms with Gasteiger partial charge in [0.15, 0.2) is 0 Å². The van der Waals surface area contributed by atoms with Gasteiger partial charge in [0.25, 0.3) is 0 Å². The third kappa shape index (κ3) is 1.17. The SMILES string of the molecule is CC1(CO)CCC(CN)C1(C)C. The summed E-state index contributed by atoms with van der Waals surface area (Å²) in [6, 6.07) is 0. The number of hydrogen-bond donors (Lipinski definition) is 2.